The molecule has 1 unspecified atom stereocenters. The van der Waals surface area contributed by atoms with E-state index in [9.17, 15) is 4.79 Å². The topological polar surface area (TPSA) is 58.1 Å². The van der Waals surface area contributed by atoms with Crippen molar-refractivity contribution in [1.82, 2.24) is 15.3 Å². The summed E-state index contributed by atoms with van der Waals surface area (Å²) >= 11 is 0. The lowest BCUT2D eigenvalue weighted by molar-refractivity contribution is -0.124. The van der Waals surface area contributed by atoms with E-state index in [0.717, 1.165) is 50.3 Å². The molecule has 148 valence electrons. The van der Waals surface area contributed by atoms with Crippen LogP contribution in [0.15, 0.2) is 42.7 Å². The molecule has 1 aromatic carbocycles. The number of piperidine rings is 1. The summed E-state index contributed by atoms with van der Waals surface area (Å²) in [4.78, 5) is 24.0. The van der Waals surface area contributed by atoms with Gasteiger partial charge in [-0.05, 0) is 48.3 Å². The molecule has 1 aliphatic carbocycles. The van der Waals surface area contributed by atoms with Gasteiger partial charge in [0.05, 0.1) is 5.41 Å². The highest BCUT2D eigenvalue weighted by Crippen LogP contribution is 2.48. The van der Waals surface area contributed by atoms with Crippen LogP contribution in [0, 0.1) is 0 Å². The van der Waals surface area contributed by atoms with Gasteiger partial charge in [-0.15, -0.1) is 0 Å². The fraction of sp³-hybridized carbons (Fsp3) is 0.522. The van der Waals surface area contributed by atoms with Crippen LogP contribution >= 0.6 is 0 Å². The molecule has 1 atom stereocenters. The van der Waals surface area contributed by atoms with Crippen molar-refractivity contribution in [3.63, 3.8) is 0 Å². The van der Waals surface area contributed by atoms with Crippen LogP contribution in [-0.4, -0.2) is 35.0 Å². The molecular formula is C23H30N4O. The van der Waals surface area contributed by atoms with Gasteiger partial charge in [-0.1, -0.05) is 45.0 Å². The Morgan fingerprint density at radius 1 is 1.14 bits per heavy atom. The smallest absolute Gasteiger partial charge is 0.230 e. The summed E-state index contributed by atoms with van der Waals surface area (Å²) in [5.41, 5.74) is 2.25. The third-order valence-corrected chi connectivity index (χ3v) is 6.08. The minimum absolute atomic E-state index is 0.128. The summed E-state index contributed by atoms with van der Waals surface area (Å²) in [5, 5.41) is 3.33. The molecule has 2 aliphatic rings. The first kappa shape index (κ1) is 18.9. The predicted octanol–water partition coefficient (Wildman–Crippen LogP) is 3.59. The number of hydrogen-bond acceptors (Lipinski definition) is 4. The van der Waals surface area contributed by atoms with Crippen LogP contribution in [0.1, 0.15) is 57.6 Å². The highest BCUT2D eigenvalue weighted by atomic mass is 16.2. The molecule has 2 aromatic rings. The molecule has 1 aliphatic heterocycles. The predicted molar refractivity (Wildman–Crippen MR) is 111 cm³/mol. The van der Waals surface area contributed by atoms with E-state index >= 15 is 0 Å². The second kappa shape index (κ2) is 7.19. The third kappa shape index (κ3) is 3.75. The number of aromatic nitrogens is 2. The van der Waals surface area contributed by atoms with Crippen molar-refractivity contribution in [2.24, 2.45) is 0 Å². The summed E-state index contributed by atoms with van der Waals surface area (Å²) in [7, 11) is 0. The van der Waals surface area contributed by atoms with Gasteiger partial charge >= 0.3 is 0 Å². The molecule has 1 saturated heterocycles. The van der Waals surface area contributed by atoms with Gasteiger partial charge in [-0.2, -0.15) is 0 Å². The minimum Gasteiger partial charge on any atom is -0.351 e. The molecule has 5 heteroatoms. The zero-order valence-electron chi connectivity index (χ0n) is 17.1. The first-order valence-electron chi connectivity index (χ1n) is 10.3. The second-order valence-corrected chi connectivity index (χ2v) is 9.22. The maximum Gasteiger partial charge on any atom is 0.230 e. The summed E-state index contributed by atoms with van der Waals surface area (Å²) in [6, 6.07) is 10.6. The van der Waals surface area contributed by atoms with E-state index in [0.29, 0.717) is 0 Å². The van der Waals surface area contributed by atoms with Gasteiger partial charge in [-0.25, -0.2) is 9.97 Å². The van der Waals surface area contributed by atoms with E-state index in [1.54, 1.807) is 12.4 Å². The molecule has 0 spiro atoms. The lowest BCUT2D eigenvalue weighted by Gasteiger charge is -2.34. The number of nitrogens with zero attached hydrogens (tertiary/aromatic N) is 3. The maximum atomic E-state index is 13.2. The molecule has 4 rings (SSSR count). The van der Waals surface area contributed by atoms with E-state index in [1.165, 1.54) is 5.56 Å². The third-order valence-electron chi connectivity index (χ3n) is 6.08. The van der Waals surface area contributed by atoms with Crippen molar-refractivity contribution in [3.8, 4) is 0 Å². The number of amides is 1. The number of rotatable bonds is 4. The maximum absolute atomic E-state index is 13.2. The van der Waals surface area contributed by atoms with E-state index in [2.05, 4.69) is 65.2 Å². The van der Waals surface area contributed by atoms with Gasteiger partial charge in [0.1, 0.15) is 0 Å². The number of anilines is 1. The SMILES string of the molecule is CC(C)(C)c1ccc(C2(C(=O)NC3CCCN(c4ncccn4)C3)CC2)cc1. The molecule has 0 radical (unpaired) electrons. The Bertz CT molecular complexity index is 822. The van der Waals surface area contributed by atoms with Gasteiger partial charge in [0.2, 0.25) is 11.9 Å². The molecular weight excluding hydrogens is 348 g/mol. The monoisotopic (exact) mass is 378 g/mol. The fourth-order valence-electron chi connectivity index (χ4n) is 4.12. The summed E-state index contributed by atoms with van der Waals surface area (Å²) in [5.74, 6) is 0.928. The fourth-order valence-corrected chi connectivity index (χ4v) is 4.12. The van der Waals surface area contributed by atoms with Crippen molar-refractivity contribution >= 4 is 11.9 Å². The highest BCUT2D eigenvalue weighted by Gasteiger charge is 2.51. The number of carbonyl (C=O) groups is 1. The molecule has 1 aromatic heterocycles. The van der Waals surface area contributed by atoms with Crippen LogP contribution in [0.25, 0.3) is 0 Å². The van der Waals surface area contributed by atoms with Gasteiger partial charge in [0, 0.05) is 31.5 Å². The van der Waals surface area contributed by atoms with Crippen molar-refractivity contribution in [3.05, 3.63) is 53.9 Å². The van der Waals surface area contributed by atoms with E-state index < -0.39 is 0 Å². The summed E-state index contributed by atoms with van der Waals surface area (Å²) in [6.45, 7) is 8.36. The van der Waals surface area contributed by atoms with Gasteiger partial charge in [0.15, 0.2) is 0 Å². The van der Waals surface area contributed by atoms with Crippen LogP contribution in [0.5, 0.6) is 0 Å². The Morgan fingerprint density at radius 3 is 2.43 bits per heavy atom. The zero-order valence-corrected chi connectivity index (χ0v) is 17.1. The standard InChI is InChI=1S/C23H30N4O/c1-22(2,3)17-7-9-18(10-8-17)23(11-12-23)20(28)26-19-6-4-15-27(16-19)21-24-13-5-14-25-21/h5,7-10,13-14,19H,4,6,11-12,15-16H2,1-3H3,(H,26,28). The summed E-state index contributed by atoms with van der Waals surface area (Å²) < 4.78 is 0. The van der Waals surface area contributed by atoms with Crippen LogP contribution in [-0.2, 0) is 15.6 Å². The lowest BCUT2D eigenvalue weighted by atomic mass is 9.84. The Labute approximate surface area is 167 Å². The second-order valence-electron chi connectivity index (χ2n) is 9.22. The molecule has 5 nitrogen and oxygen atoms in total. The quantitative estimate of drug-likeness (QED) is 0.883. The van der Waals surface area contributed by atoms with Crippen LogP contribution < -0.4 is 10.2 Å². The van der Waals surface area contributed by atoms with E-state index in [1.807, 2.05) is 6.07 Å². The average Bonchev–Trinajstić information content (AvgIpc) is 3.50. The number of hydrogen-bond donors (Lipinski definition) is 1. The van der Waals surface area contributed by atoms with Crippen LogP contribution in [0.3, 0.4) is 0 Å². The van der Waals surface area contributed by atoms with E-state index in [4.69, 9.17) is 0 Å². The molecule has 0 bridgehead atoms. The first-order valence-corrected chi connectivity index (χ1v) is 10.3. The van der Waals surface area contributed by atoms with Gasteiger partial charge in [0.25, 0.3) is 0 Å². The first-order chi connectivity index (χ1) is 13.4. The molecule has 1 saturated carbocycles. The lowest BCUT2D eigenvalue weighted by Crippen LogP contribution is -2.50. The Hall–Kier alpha value is -2.43. The highest BCUT2D eigenvalue weighted by molar-refractivity contribution is 5.91. The van der Waals surface area contributed by atoms with Crippen molar-refractivity contribution in [1.29, 1.82) is 0 Å². The van der Waals surface area contributed by atoms with E-state index in [-0.39, 0.29) is 22.8 Å². The molecule has 2 fully saturated rings. The zero-order chi connectivity index (χ0) is 19.8. The average molecular weight is 379 g/mol. The van der Waals surface area contributed by atoms with Gasteiger partial charge < -0.3 is 10.2 Å². The van der Waals surface area contributed by atoms with Crippen molar-refractivity contribution in [2.45, 2.75) is 63.3 Å². The normalized spacial score (nSPS) is 21.2. The molecule has 28 heavy (non-hydrogen) atoms. The number of carbonyl (C=O) groups excluding carboxylic acids is 1. The van der Waals surface area contributed by atoms with Crippen LogP contribution in [0.4, 0.5) is 5.95 Å². The van der Waals surface area contributed by atoms with Crippen LogP contribution in [0.2, 0.25) is 0 Å². The van der Waals surface area contributed by atoms with Gasteiger partial charge in [-0.3, -0.25) is 4.79 Å². The molecule has 1 amide bonds. The number of benzene rings is 1. The van der Waals surface area contributed by atoms with Crippen molar-refractivity contribution in [2.75, 3.05) is 18.0 Å². The van der Waals surface area contributed by atoms with Crippen molar-refractivity contribution < 1.29 is 4.79 Å². The Balaban J connectivity index is 1.43. The minimum atomic E-state index is -0.331. The largest absolute Gasteiger partial charge is 0.351 e. The number of nitrogens with one attached hydrogen (secondary N) is 1. The Kier molecular flexibility index (Phi) is 4.86. The Morgan fingerprint density at radius 2 is 1.82 bits per heavy atom. The molecule has 1 N–H and O–H groups in total. The summed E-state index contributed by atoms with van der Waals surface area (Å²) in [6.07, 6.45) is 7.46. The molecule has 2 heterocycles.